The molecule has 1 aliphatic carbocycles. The maximum absolute atomic E-state index is 10.4. The van der Waals surface area contributed by atoms with Crippen LogP contribution in [0.4, 0.5) is 0 Å². The van der Waals surface area contributed by atoms with Gasteiger partial charge in [-0.2, -0.15) is 0 Å². The highest BCUT2D eigenvalue weighted by molar-refractivity contribution is 5.53. The molecular weight excluding hydrogens is 148 g/mol. The molecule has 0 aliphatic heterocycles. The number of carbonyl (C=O) groups is 1. The molecular formula is C11H18O. The van der Waals surface area contributed by atoms with Gasteiger partial charge in [0.25, 0.3) is 0 Å². The summed E-state index contributed by atoms with van der Waals surface area (Å²) in [5.41, 5.74) is 1.50. The molecule has 0 radical (unpaired) electrons. The lowest BCUT2D eigenvalue weighted by molar-refractivity contribution is -0.110. The van der Waals surface area contributed by atoms with E-state index >= 15 is 0 Å². The molecule has 12 heavy (non-hydrogen) atoms. The first-order valence-corrected chi connectivity index (χ1v) is 4.89. The highest BCUT2D eigenvalue weighted by Gasteiger charge is 2.16. The van der Waals surface area contributed by atoms with Crippen LogP contribution in [0.3, 0.4) is 0 Å². The van der Waals surface area contributed by atoms with Crippen molar-refractivity contribution in [3.8, 4) is 0 Å². The van der Waals surface area contributed by atoms with E-state index < -0.39 is 0 Å². The Labute approximate surface area is 74.9 Å². The van der Waals surface area contributed by atoms with Crippen molar-refractivity contribution >= 4 is 6.29 Å². The van der Waals surface area contributed by atoms with E-state index in [-0.39, 0.29) is 5.92 Å². The van der Waals surface area contributed by atoms with E-state index in [1.807, 2.05) is 6.92 Å². The van der Waals surface area contributed by atoms with E-state index in [0.717, 1.165) is 18.6 Å². The highest BCUT2D eigenvalue weighted by atomic mass is 16.1. The molecule has 0 N–H and O–H groups in total. The first kappa shape index (κ1) is 9.50. The molecule has 0 saturated heterocycles. The number of hydrogen-bond acceptors (Lipinski definition) is 1. The Balaban J connectivity index is 2.31. The van der Waals surface area contributed by atoms with E-state index in [4.69, 9.17) is 0 Å². The van der Waals surface area contributed by atoms with E-state index in [9.17, 15) is 4.79 Å². The molecule has 0 saturated carbocycles. The molecule has 0 aromatic carbocycles. The fourth-order valence-corrected chi connectivity index (χ4v) is 1.81. The summed E-state index contributed by atoms with van der Waals surface area (Å²) in [6, 6.07) is 0. The van der Waals surface area contributed by atoms with Crippen LogP contribution in [0.2, 0.25) is 0 Å². The van der Waals surface area contributed by atoms with Crippen LogP contribution < -0.4 is 0 Å². The van der Waals surface area contributed by atoms with Crippen LogP contribution in [0.1, 0.15) is 39.5 Å². The molecule has 1 rings (SSSR count). The minimum absolute atomic E-state index is 0.215. The number of hydrogen-bond donors (Lipinski definition) is 0. The van der Waals surface area contributed by atoms with Gasteiger partial charge in [0.05, 0.1) is 0 Å². The predicted octanol–water partition coefficient (Wildman–Crippen LogP) is 2.96. The molecule has 0 heterocycles. The van der Waals surface area contributed by atoms with Crippen LogP contribution in [0.25, 0.3) is 0 Å². The summed E-state index contributed by atoms with van der Waals surface area (Å²) in [7, 11) is 0. The molecule has 0 aromatic heterocycles. The highest BCUT2D eigenvalue weighted by Crippen LogP contribution is 2.30. The third-order valence-electron chi connectivity index (χ3n) is 2.68. The second-order valence-electron chi connectivity index (χ2n) is 3.89. The van der Waals surface area contributed by atoms with Crippen molar-refractivity contribution in [1.82, 2.24) is 0 Å². The molecule has 1 nitrogen and oxygen atoms in total. The predicted molar refractivity (Wildman–Crippen MR) is 50.9 cm³/mol. The first-order valence-electron chi connectivity index (χ1n) is 4.89. The van der Waals surface area contributed by atoms with Crippen molar-refractivity contribution in [2.75, 3.05) is 0 Å². The summed E-state index contributed by atoms with van der Waals surface area (Å²) in [6.45, 7) is 4.23. The minimum Gasteiger partial charge on any atom is -0.303 e. The van der Waals surface area contributed by atoms with Gasteiger partial charge in [0.15, 0.2) is 0 Å². The van der Waals surface area contributed by atoms with Gasteiger partial charge in [0.1, 0.15) is 6.29 Å². The van der Waals surface area contributed by atoms with Crippen molar-refractivity contribution in [1.29, 1.82) is 0 Å². The Bertz CT molecular complexity index is 181. The van der Waals surface area contributed by atoms with E-state index in [0.29, 0.717) is 0 Å². The van der Waals surface area contributed by atoms with Crippen LogP contribution in [-0.4, -0.2) is 6.29 Å². The van der Waals surface area contributed by atoms with Gasteiger partial charge >= 0.3 is 0 Å². The third kappa shape index (κ3) is 2.47. The average Bonchev–Trinajstić information content (AvgIpc) is 2.52. The molecule has 2 unspecified atom stereocenters. The normalized spacial score (nSPS) is 25.2. The lowest BCUT2D eigenvalue weighted by Crippen LogP contribution is -1.98. The van der Waals surface area contributed by atoms with Crippen molar-refractivity contribution in [3.63, 3.8) is 0 Å². The Morgan fingerprint density at radius 2 is 2.50 bits per heavy atom. The second kappa shape index (κ2) is 4.44. The van der Waals surface area contributed by atoms with Gasteiger partial charge in [0, 0.05) is 5.92 Å². The van der Waals surface area contributed by atoms with E-state index in [1.165, 1.54) is 24.8 Å². The molecule has 68 valence electrons. The number of rotatable bonds is 4. The van der Waals surface area contributed by atoms with Gasteiger partial charge in [-0.15, -0.1) is 0 Å². The number of carbonyl (C=O) groups excluding carboxylic acids is 1. The summed E-state index contributed by atoms with van der Waals surface area (Å²) in [5.74, 6) is 1.07. The van der Waals surface area contributed by atoms with Crippen LogP contribution in [0.15, 0.2) is 11.6 Å². The van der Waals surface area contributed by atoms with Crippen molar-refractivity contribution < 1.29 is 4.79 Å². The monoisotopic (exact) mass is 166 g/mol. The number of aldehydes is 1. The van der Waals surface area contributed by atoms with Gasteiger partial charge in [-0.1, -0.05) is 31.9 Å². The molecule has 0 aromatic rings. The first-order chi connectivity index (χ1) is 5.76. The summed E-state index contributed by atoms with van der Waals surface area (Å²) < 4.78 is 0. The third-order valence-corrected chi connectivity index (χ3v) is 2.68. The SMILES string of the molecule is CCC1CC=C(CC(C)C=O)C1. The van der Waals surface area contributed by atoms with Crippen molar-refractivity contribution in [2.45, 2.75) is 39.5 Å². The standard InChI is InChI=1S/C11H18O/c1-3-10-4-5-11(7-10)6-9(2)8-12/h5,8-10H,3-4,6-7H2,1-2H3. The van der Waals surface area contributed by atoms with Crippen LogP contribution in [-0.2, 0) is 4.79 Å². The number of allylic oxidation sites excluding steroid dienone is 2. The average molecular weight is 166 g/mol. The lowest BCUT2D eigenvalue weighted by atomic mass is 9.98. The molecule has 0 amide bonds. The van der Waals surface area contributed by atoms with Gasteiger partial charge in [-0.05, 0) is 25.2 Å². The van der Waals surface area contributed by atoms with Crippen LogP contribution in [0.5, 0.6) is 0 Å². The largest absolute Gasteiger partial charge is 0.303 e. The fraction of sp³-hybridized carbons (Fsp3) is 0.727. The van der Waals surface area contributed by atoms with Gasteiger partial charge in [0.2, 0.25) is 0 Å². The smallest absolute Gasteiger partial charge is 0.123 e. The fourth-order valence-electron chi connectivity index (χ4n) is 1.81. The molecule has 0 bridgehead atoms. The van der Waals surface area contributed by atoms with Crippen molar-refractivity contribution in [3.05, 3.63) is 11.6 Å². The van der Waals surface area contributed by atoms with E-state index in [1.54, 1.807) is 0 Å². The second-order valence-corrected chi connectivity index (χ2v) is 3.89. The maximum atomic E-state index is 10.4. The minimum atomic E-state index is 0.215. The summed E-state index contributed by atoms with van der Waals surface area (Å²) in [6.07, 6.45) is 8.11. The topological polar surface area (TPSA) is 17.1 Å². The quantitative estimate of drug-likeness (QED) is 0.463. The summed E-state index contributed by atoms with van der Waals surface area (Å²) >= 11 is 0. The molecule has 0 fully saturated rings. The molecule has 1 heteroatoms. The molecule has 2 atom stereocenters. The zero-order valence-electron chi connectivity index (χ0n) is 8.05. The Hall–Kier alpha value is -0.590. The summed E-state index contributed by atoms with van der Waals surface area (Å²) in [5, 5.41) is 0. The zero-order valence-corrected chi connectivity index (χ0v) is 8.05. The molecule has 0 spiro atoms. The van der Waals surface area contributed by atoms with Gasteiger partial charge in [-0.25, -0.2) is 0 Å². The van der Waals surface area contributed by atoms with Gasteiger partial charge in [-0.3, -0.25) is 0 Å². The maximum Gasteiger partial charge on any atom is 0.123 e. The van der Waals surface area contributed by atoms with Crippen LogP contribution in [0, 0.1) is 11.8 Å². The van der Waals surface area contributed by atoms with Crippen LogP contribution >= 0.6 is 0 Å². The van der Waals surface area contributed by atoms with E-state index in [2.05, 4.69) is 13.0 Å². The zero-order chi connectivity index (χ0) is 8.97. The Kier molecular flexibility index (Phi) is 3.51. The van der Waals surface area contributed by atoms with Crippen molar-refractivity contribution in [2.24, 2.45) is 11.8 Å². The Morgan fingerprint density at radius 3 is 3.00 bits per heavy atom. The summed E-state index contributed by atoms with van der Waals surface area (Å²) in [4.78, 5) is 10.4. The molecule has 1 aliphatic rings. The van der Waals surface area contributed by atoms with Gasteiger partial charge < -0.3 is 4.79 Å². The lowest BCUT2D eigenvalue weighted by Gasteiger charge is -2.07. The Morgan fingerprint density at radius 1 is 1.75 bits per heavy atom.